The minimum Gasteiger partial charge on any atom is -0.207 e. The lowest BCUT2D eigenvalue weighted by atomic mass is 9.97. The van der Waals surface area contributed by atoms with Crippen LogP contribution in [-0.4, -0.2) is 0 Å². The maximum Gasteiger partial charge on any atom is 0.130 e. The Kier molecular flexibility index (Phi) is 2.62. The predicted molar refractivity (Wildman–Crippen MR) is 45.2 cm³/mol. The number of hydrogen-bond donors (Lipinski definition) is 0. The lowest BCUT2D eigenvalue weighted by molar-refractivity contribution is 0.564. The van der Waals surface area contributed by atoms with Crippen molar-refractivity contribution in [3.8, 4) is 6.07 Å². The van der Waals surface area contributed by atoms with E-state index < -0.39 is 11.6 Å². The highest BCUT2D eigenvalue weighted by Crippen LogP contribution is 2.23. The van der Waals surface area contributed by atoms with Gasteiger partial charge < -0.3 is 0 Å². The summed E-state index contributed by atoms with van der Waals surface area (Å²) in [6.07, 6.45) is 0. The number of benzene rings is 1. The molecule has 0 aliphatic carbocycles. The first-order valence-corrected chi connectivity index (χ1v) is 3.95. The third-order valence-electron chi connectivity index (χ3n) is 1.79. The van der Waals surface area contributed by atoms with Crippen LogP contribution in [0.2, 0.25) is 0 Å². The molecule has 3 heteroatoms. The van der Waals surface area contributed by atoms with Gasteiger partial charge in [-0.2, -0.15) is 5.26 Å². The van der Waals surface area contributed by atoms with Crippen LogP contribution in [0.4, 0.5) is 8.78 Å². The molecular formula is C10H9F2N. The average molecular weight is 181 g/mol. The van der Waals surface area contributed by atoms with E-state index >= 15 is 0 Å². The van der Waals surface area contributed by atoms with E-state index in [9.17, 15) is 8.78 Å². The van der Waals surface area contributed by atoms with E-state index in [0.29, 0.717) is 0 Å². The standard InChI is InChI=1S/C10H9F2N/c1-6(2)10-7(5-13)3-8(11)4-9(10)12/h3-4,6H,1-2H3. The molecule has 1 rings (SSSR count). The molecule has 0 atom stereocenters. The van der Waals surface area contributed by atoms with Crippen molar-refractivity contribution in [2.24, 2.45) is 0 Å². The molecule has 1 nitrogen and oxygen atoms in total. The number of nitriles is 1. The van der Waals surface area contributed by atoms with Gasteiger partial charge in [0.05, 0.1) is 11.6 Å². The first-order valence-electron chi connectivity index (χ1n) is 3.95. The van der Waals surface area contributed by atoms with Gasteiger partial charge in [0.25, 0.3) is 0 Å². The Morgan fingerprint density at radius 3 is 2.38 bits per heavy atom. The topological polar surface area (TPSA) is 23.8 Å². The quantitative estimate of drug-likeness (QED) is 0.653. The summed E-state index contributed by atoms with van der Waals surface area (Å²) in [5.74, 6) is -1.47. The van der Waals surface area contributed by atoms with E-state index in [2.05, 4.69) is 0 Å². The molecule has 0 saturated carbocycles. The third-order valence-corrected chi connectivity index (χ3v) is 1.79. The van der Waals surface area contributed by atoms with E-state index in [4.69, 9.17) is 5.26 Å². The molecule has 1 aromatic carbocycles. The summed E-state index contributed by atoms with van der Waals surface area (Å²) in [7, 11) is 0. The molecule has 0 amide bonds. The molecule has 0 radical (unpaired) electrons. The van der Waals surface area contributed by atoms with E-state index in [0.717, 1.165) is 12.1 Å². The van der Waals surface area contributed by atoms with Gasteiger partial charge in [0, 0.05) is 11.6 Å². The summed E-state index contributed by atoms with van der Waals surface area (Å²) >= 11 is 0. The molecule has 0 saturated heterocycles. The van der Waals surface area contributed by atoms with Crippen molar-refractivity contribution in [3.63, 3.8) is 0 Å². The summed E-state index contributed by atoms with van der Waals surface area (Å²) in [6, 6.07) is 3.63. The van der Waals surface area contributed by atoms with E-state index in [1.165, 1.54) is 0 Å². The summed E-state index contributed by atoms with van der Waals surface area (Å²) in [5, 5.41) is 8.63. The van der Waals surface area contributed by atoms with Crippen molar-refractivity contribution in [1.82, 2.24) is 0 Å². The largest absolute Gasteiger partial charge is 0.207 e. The summed E-state index contributed by atoms with van der Waals surface area (Å²) in [5.41, 5.74) is 0.358. The van der Waals surface area contributed by atoms with Crippen LogP contribution in [0.3, 0.4) is 0 Å². The van der Waals surface area contributed by atoms with Gasteiger partial charge in [-0.15, -0.1) is 0 Å². The molecule has 0 aliphatic rings. The van der Waals surface area contributed by atoms with Gasteiger partial charge in [0.15, 0.2) is 0 Å². The maximum absolute atomic E-state index is 13.2. The van der Waals surface area contributed by atoms with Gasteiger partial charge in [0.2, 0.25) is 0 Å². The molecule has 0 fully saturated rings. The number of hydrogen-bond acceptors (Lipinski definition) is 1. The fraction of sp³-hybridized carbons (Fsp3) is 0.300. The summed E-state index contributed by atoms with van der Waals surface area (Å²) < 4.78 is 25.8. The Hall–Kier alpha value is -1.43. The monoisotopic (exact) mass is 181 g/mol. The molecule has 0 aliphatic heterocycles. The number of rotatable bonds is 1. The zero-order valence-corrected chi connectivity index (χ0v) is 7.44. The highest BCUT2D eigenvalue weighted by atomic mass is 19.1. The molecule has 0 spiro atoms. The first-order chi connectivity index (χ1) is 6.06. The van der Waals surface area contributed by atoms with E-state index in [1.54, 1.807) is 19.9 Å². The van der Waals surface area contributed by atoms with Crippen LogP contribution in [0.5, 0.6) is 0 Å². The molecule has 0 heterocycles. The Morgan fingerprint density at radius 1 is 1.31 bits per heavy atom. The zero-order valence-electron chi connectivity index (χ0n) is 7.44. The second kappa shape index (κ2) is 3.53. The fourth-order valence-electron chi connectivity index (χ4n) is 1.26. The molecule has 0 aromatic heterocycles. The Bertz CT molecular complexity index is 364. The second-order valence-electron chi connectivity index (χ2n) is 3.12. The van der Waals surface area contributed by atoms with Crippen LogP contribution in [0.15, 0.2) is 12.1 Å². The average Bonchev–Trinajstić information content (AvgIpc) is 2.01. The fourth-order valence-corrected chi connectivity index (χ4v) is 1.26. The van der Waals surface area contributed by atoms with Crippen molar-refractivity contribution < 1.29 is 8.78 Å². The van der Waals surface area contributed by atoms with Gasteiger partial charge in [-0.25, -0.2) is 8.78 Å². The van der Waals surface area contributed by atoms with Crippen molar-refractivity contribution in [2.75, 3.05) is 0 Å². The lowest BCUT2D eigenvalue weighted by Gasteiger charge is -2.08. The minimum atomic E-state index is -0.710. The minimum absolute atomic E-state index is 0.0764. The molecule has 0 bridgehead atoms. The van der Waals surface area contributed by atoms with Crippen LogP contribution in [-0.2, 0) is 0 Å². The van der Waals surface area contributed by atoms with Crippen molar-refractivity contribution in [1.29, 1.82) is 5.26 Å². The third kappa shape index (κ3) is 1.83. The SMILES string of the molecule is CC(C)c1c(F)cc(F)cc1C#N. The molecule has 1 aromatic rings. The van der Waals surface area contributed by atoms with Crippen LogP contribution in [0, 0.1) is 23.0 Å². The molecular weight excluding hydrogens is 172 g/mol. The van der Waals surface area contributed by atoms with Gasteiger partial charge in [-0.05, 0) is 12.0 Å². The van der Waals surface area contributed by atoms with E-state index in [-0.39, 0.29) is 17.0 Å². The smallest absolute Gasteiger partial charge is 0.130 e. The number of nitrogens with zero attached hydrogens (tertiary/aromatic N) is 1. The Labute approximate surface area is 75.6 Å². The number of halogens is 2. The highest BCUT2D eigenvalue weighted by Gasteiger charge is 2.13. The van der Waals surface area contributed by atoms with Gasteiger partial charge in [-0.3, -0.25) is 0 Å². The zero-order chi connectivity index (χ0) is 10.0. The molecule has 0 unspecified atom stereocenters. The van der Waals surface area contributed by atoms with Crippen molar-refractivity contribution in [3.05, 3.63) is 34.9 Å². The van der Waals surface area contributed by atoms with Crippen LogP contribution >= 0.6 is 0 Å². The molecule has 13 heavy (non-hydrogen) atoms. The van der Waals surface area contributed by atoms with Gasteiger partial charge in [0.1, 0.15) is 11.6 Å². The van der Waals surface area contributed by atoms with E-state index in [1.807, 2.05) is 0 Å². The Balaban J connectivity index is 3.41. The maximum atomic E-state index is 13.2. The summed E-state index contributed by atoms with van der Waals surface area (Å²) in [4.78, 5) is 0. The second-order valence-corrected chi connectivity index (χ2v) is 3.12. The van der Waals surface area contributed by atoms with Gasteiger partial charge >= 0.3 is 0 Å². The first kappa shape index (κ1) is 9.66. The van der Waals surface area contributed by atoms with Crippen molar-refractivity contribution in [2.45, 2.75) is 19.8 Å². The predicted octanol–water partition coefficient (Wildman–Crippen LogP) is 2.96. The van der Waals surface area contributed by atoms with Gasteiger partial charge in [-0.1, -0.05) is 13.8 Å². The molecule has 0 N–H and O–H groups in total. The van der Waals surface area contributed by atoms with Crippen LogP contribution in [0.25, 0.3) is 0 Å². The summed E-state index contributed by atoms with van der Waals surface area (Å²) in [6.45, 7) is 3.52. The normalized spacial score (nSPS) is 10.2. The van der Waals surface area contributed by atoms with Crippen LogP contribution < -0.4 is 0 Å². The highest BCUT2D eigenvalue weighted by molar-refractivity contribution is 5.40. The Morgan fingerprint density at radius 2 is 1.92 bits per heavy atom. The molecule has 68 valence electrons. The van der Waals surface area contributed by atoms with Crippen LogP contribution in [0.1, 0.15) is 30.9 Å². The lowest BCUT2D eigenvalue weighted by Crippen LogP contribution is -1.98. The van der Waals surface area contributed by atoms with Crippen molar-refractivity contribution >= 4 is 0 Å².